The lowest BCUT2D eigenvalue weighted by molar-refractivity contribution is 0.509. The lowest BCUT2D eigenvalue weighted by Gasteiger charge is -2.07. The summed E-state index contributed by atoms with van der Waals surface area (Å²) < 4.78 is 26.1. The van der Waals surface area contributed by atoms with E-state index in [1.807, 2.05) is 43.6 Å². The summed E-state index contributed by atoms with van der Waals surface area (Å²) in [6.45, 7) is 0.788. The summed E-state index contributed by atoms with van der Waals surface area (Å²) in [6, 6.07) is 13.3. The predicted molar refractivity (Wildman–Crippen MR) is 112 cm³/mol. The van der Waals surface area contributed by atoms with E-state index in [1.54, 1.807) is 12.4 Å². The molecule has 0 fully saturated rings. The number of nitrogens with zero attached hydrogens (tertiary/aromatic N) is 1. The Balaban J connectivity index is 0.000000271. The molecule has 4 aromatic rings. The Morgan fingerprint density at radius 3 is 2.46 bits per heavy atom. The highest BCUT2D eigenvalue weighted by Crippen LogP contribution is 2.25. The van der Waals surface area contributed by atoms with Crippen molar-refractivity contribution in [2.75, 3.05) is 12.4 Å². The molecular weight excluding hydrogens is 378 g/mol. The maximum atomic E-state index is 13.2. The van der Waals surface area contributed by atoms with E-state index in [4.69, 9.17) is 0 Å². The van der Waals surface area contributed by atoms with Gasteiger partial charge in [-0.1, -0.05) is 6.07 Å². The minimum Gasteiger partial charge on any atom is -0.361 e. The number of fused-ring (bicyclic) bond motifs is 1. The summed E-state index contributed by atoms with van der Waals surface area (Å²) in [5.41, 5.74) is 3.50. The highest BCUT2D eigenvalue weighted by Gasteiger charge is 2.06. The number of aromatic nitrogens is 2. The number of hydrogen-bond acceptors (Lipinski definition) is 4. The standard InChI is InChI=1S/C16H15F2N3.C5H5NS/c1-19-8-10-9-20-16-7-12(2-4-13(10)16)21-11-3-5-14(17)15(18)6-11;7-5-2-1-3-6-4-5/h2-7,9,19-21H,8H2,1H3;1-4,7H. The van der Waals surface area contributed by atoms with Gasteiger partial charge in [0, 0.05) is 58.4 Å². The fourth-order valence-corrected chi connectivity index (χ4v) is 2.85. The van der Waals surface area contributed by atoms with Crippen molar-refractivity contribution in [3.63, 3.8) is 0 Å². The third-order valence-corrected chi connectivity index (χ3v) is 4.25. The van der Waals surface area contributed by atoms with Crippen LogP contribution in [0.15, 0.2) is 72.0 Å². The molecule has 0 saturated carbocycles. The maximum absolute atomic E-state index is 13.2. The molecule has 0 amide bonds. The van der Waals surface area contributed by atoms with Crippen LogP contribution in [-0.4, -0.2) is 17.0 Å². The van der Waals surface area contributed by atoms with Gasteiger partial charge in [0.05, 0.1) is 0 Å². The summed E-state index contributed by atoms with van der Waals surface area (Å²) in [7, 11) is 1.90. The molecule has 28 heavy (non-hydrogen) atoms. The number of hydrogen-bond donors (Lipinski definition) is 4. The molecule has 144 valence electrons. The number of anilines is 2. The van der Waals surface area contributed by atoms with Gasteiger partial charge >= 0.3 is 0 Å². The van der Waals surface area contributed by atoms with Gasteiger partial charge in [-0.25, -0.2) is 8.78 Å². The molecule has 0 atom stereocenters. The van der Waals surface area contributed by atoms with E-state index < -0.39 is 11.6 Å². The number of rotatable bonds is 4. The van der Waals surface area contributed by atoms with Crippen LogP contribution in [0.5, 0.6) is 0 Å². The molecule has 2 heterocycles. The van der Waals surface area contributed by atoms with E-state index in [-0.39, 0.29) is 0 Å². The van der Waals surface area contributed by atoms with Crippen molar-refractivity contribution >= 4 is 34.9 Å². The zero-order valence-electron chi connectivity index (χ0n) is 15.2. The van der Waals surface area contributed by atoms with Crippen molar-refractivity contribution in [2.45, 2.75) is 11.4 Å². The number of halogens is 2. The molecule has 2 aromatic carbocycles. The van der Waals surface area contributed by atoms with E-state index in [1.165, 1.54) is 11.6 Å². The second-order valence-corrected chi connectivity index (χ2v) is 6.59. The molecule has 0 bridgehead atoms. The van der Waals surface area contributed by atoms with Gasteiger partial charge in [0.25, 0.3) is 0 Å². The third kappa shape index (κ3) is 5.09. The Morgan fingerprint density at radius 2 is 1.82 bits per heavy atom. The molecule has 0 aliphatic rings. The zero-order chi connectivity index (χ0) is 19.9. The summed E-state index contributed by atoms with van der Waals surface area (Å²) in [5.74, 6) is -1.71. The molecule has 4 nitrogen and oxygen atoms in total. The fraction of sp³-hybridized carbons (Fsp3) is 0.0952. The first kappa shape index (κ1) is 19.9. The van der Waals surface area contributed by atoms with Gasteiger partial charge in [0.2, 0.25) is 0 Å². The van der Waals surface area contributed by atoms with Crippen LogP contribution in [0.3, 0.4) is 0 Å². The molecule has 0 aliphatic heterocycles. The highest BCUT2D eigenvalue weighted by molar-refractivity contribution is 7.80. The van der Waals surface area contributed by atoms with E-state index in [0.717, 1.165) is 40.2 Å². The number of H-pyrrole nitrogens is 1. The van der Waals surface area contributed by atoms with Crippen LogP contribution in [0.25, 0.3) is 10.9 Å². The summed E-state index contributed by atoms with van der Waals surface area (Å²) in [6.07, 6.45) is 5.38. The molecule has 7 heteroatoms. The molecular formula is C21H20F2N4S. The number of nitrogens with one attached hydrogen (secondary N) is 3. The number of aromatic amines is 1. The molecule has 2 aromatic heterocycles. The van der Waals surface area contributed by atoms with Crippen molar-refractivity contribution in [1.82, 2.24) is 15.3 Å². The normalized spacial score (nSPS) is 10.4. The Hall–Kier alpha value is -2.90. The Morgan fingerprint density at radius 1 is 1.04 bits per heavy atom. The first-order chi connectivity index (χ1) is 13.6. The Labute approximate surface area is 167 Å². The van der Waals surface area contributed by atoms with Gasteiger partial charge in [0.15, 0.2) is 11.6 Å². The molecule has 0 aliphatic carbocycles. The predicted octanol–water partition coefficient (Wildman–Crippen LogP) is 5.28. The third-order valence-electron chi connectivity index (χ3n) is 3.99. The second kappa shape index (κ2) is 9.34. The average molecular weight is 398 g/mol. The molecule has 3 N–H and O–H groups in total. The molecule has 0 radical (unpaired) electrons. The largest absolute Gasteiger partial charge is 0.361 e. The maximum Gasteiger partial charge on any atom is 0.160 e. The van der Waals surface area contributed by atoms with E-state index in [2.05, 4.69) is 33.2 Å². The number of thiol groups is 1. The SMILES string of the molecule is CNCc1c[nH]c2cc(Nc3ccc(F)c(F)c3)ccc12.Sc1cccnc1. The smallest absolute Gasteiger partial charge is 0.160 e. The van der Waals surface area contributed by atoms with Crippen LogP contribution in [-0.2, 0) is 6.54 Å². The second-order valence-electron chi connectivity index (χ2n) is 6.07. The number of benzene rings is 2. The van der Waals surface area contributed by atoms with Crippen LogP contribution in [0.1, 0.15) is 5.56 Å². The van der Waals surface area contributed by atoms with Crippen LogP contribution < -0.4 is 10.6 Å². The minimum absolute atomic E-state index is 0.509. The molecule has 0 spiro atoms. The van der Waals surface area contributed by atoms with Gasteiger partial charge in [-0.2, -0.15) is 0 Å². The van der Waals surface area contributed by atoms with Gasteiger partial charge in [0.1, 0.15) is 0 Å². The van der Waals surface area contributed by atoms with Gasteiger partial charge in [-0.3, -0.25) is 4.98 Å². The van der Waals surface area contributed by atoms with E-state index >= 15 is 0 Å². The van der Waals surface area contributed by atoms with Crippen LogP contribution in [0, 0.1) is 11.6 Å². The van der Waals surface area contributed by atoms with Gasteiger partial charge in [-0.05, 0) is 49.0 Å². The fourth-order valence-electron chi connectivity index (χ4n) is 2.70. The van der Waals surface area contributed by atoms with Crippen LogP contribution in [0.2, 0.25) is 0 Å². The monoisotopic (exact) mass is 398 g/mol. The van der Waals surface area contributed by atoms with Crippen molar-refractivity contribution in [3.05, 3.63) is 84.3 Å². The van der Waals surface area contributed by atoms with Gasteiger partial charge in [-0.15, -0.1) is 12.6 Å². The lowest BCUT2D eigenvalue weighted by Crippen LogP contribution is -2.03. The quantitative estimate of drug-likeness (QED) is 0.354. The van der Waals surface area contributed by atoms with Crippen LogP contribution >= 0.6 is 12.6 Å². The van der Waals surface area contributed by atoms with Crippen LogP contribution in [0.4, 0.5) is 20.2 Å². The van der Waals surface area contributed by atoms with Crippen molar-refractivity contribution in [1.29, 1.82) is 0 Å². The Bertz CT molecular complexity index is 1050. The number of pyridine rings is 1. The summed E-state index contributed by atoms with van der Waals surface area (Å²) >= 11 is 4.02. The molecule has 0 saturated heterocycles. The first-order valence-corrected chi connectivity index (χ1v) is 9.07. The van der Waals surface area contributed by atoms with Crippen molar-refractivity contribution in [3.8, 4) is 0 Å². The molecule has 4 rings (SSSR count). The van der Waals surface area contributed by atoms with Gasteiger partial charge < -0.3 is 15.6 Å². The lowest BCUT2D eigenvalue weighted by atomic mass is 10.1. The summed E-state index contributed by atoms with van der Waals surface area (Å²) in [4.78, 5) is 7.92. The zero-order valence-corrected chi connectivity index (χ0v) is 16.1. The Kier molecular flexibility index (Phi) is 6.62. The van der Waals surface area contributed by atoms with E-state index in [0.29, 0.717) is 5.69 Å². The highest BCUT2D eigenvalue weighted by atomic mass is 32.1. The average Bonchev–Trinajstić information content (AvgIpc) is 3.08. The minimum atomic E-state index is -0.864. The first-order valence-electron chi connectivity index (χ1n) is 8.62. The summed E-state index contributed by atoms with van der Waals surface area (Å²) in [5, 5.41) is 7.32. The van der Waals surface area contributed by atoms with Crippen molar-refractivity contribution in [2.24, 2.45) is 0 Å². The topological polar surface area (TPSA) is 52.7 Å². The van der Waals surface area contributed by atoms with E-state index in [9.17, 15) is 8.78 Å². The van der Waals surface area contributed by atoms with Crippen molar-refractivity contribution < 1.29 is 8.78 Å². The molecule has 0 unspecified atom stereocenters.